The first-order valence-electron chi connectivity index (χ1n) is 21.3. The van der Waals surface area contributed by atoms with Gasteiger partial charge in [-0.15, -0.1) is 0 Å². The van der Waals surface area contributed by atoms with Crippen LogP contribution in [-0.2, 0) is 20.3 Å². The molecular weight excluding hydrogens is 721 g/mol. The lowest BCUT2D eigenvalue weighted by Crippen LogP contribution is -2.34. The summed E-state index contributed by atoms with van der Waals surface area (Å²) in [6.07, 6.45) is 10.3. The van der Waals surface area contributed by atoms with Gasteiger partial charge in [0, 0.05) is 55.3 Å². The summed E-state index contributed by atoms with van der Waals surface area (Å²) in [6, 6.07) is 25.1. The number of rotatable bonds is 10. The first-order valence-corrected chi connectivity index (χ1v) is 21.3. The smallest absolute Gasteiger partial charge is 0.130 e. The summed E-state index contributed by atoms with van der Waals surface area (Å²) in [7, 11) is 0. The van der Waals surface area contributed by atoms with Crippen molar-refractivity contribution in [3.63, 3.8) is 0 Å². The first kappa shape index (κ1) is 44.7. The summed E-state index contributed by atoms with van der Waals surface area (Å²) in [4.78, 5) is 0. The number of benzene rings is 4. The third kappa shape index (κ3) is 9.89. The Morgan fingerprint density at radius 1 is 0.569 bits per heavy atom. The standard InChI is InChI=1S/C26H34O3.C26H32O3/c2*1-5-26(6-2,23-9-10-24(27)20(4)18-23)22-8-7-21(19(3)17-22)11-12-25(28)13-15-29-16-14-25/h7-12,17-18,27-28H,5-6,13-16H2,1-4H3;7-10,17-18,27-28H,5-6,13-16H2,1-4H3/b12-11+;. The normalized spacial score (nSPS) is 16.6. The number of ether oxygens (including phenoxy) is 2. The fourth-order valence-electron chi connectivity index (χ4n) is 8.79. The number of aliphatic hydroxyl groups is 2. The summed E-state index contributed by atoms with van der Waals surface area (Å²) >= 11 is 0. The second-order valence-corrected chi connectivity index (χ2v) is 16.6. The molecule has 0 radical (unpaired) electrons. The molecule has 6 rings (SSSR count). The van der Waals surface area contributed by atoms with Crippen LogP contribution in [-0.4, -0.2) is 58.1 Å². The topological polar surface area (TPSA) is 99.4 Å². The van der Waals surface area contributed by atoms with E-state index < -0.39 is 11.2 Å². The molecule has 0 bridgehead atoms. The molecule has 4 N–H and O–H groups in total. The zero-order valence-corrected chi connectivity index (χ0v) is 36.2. The Morgan fingerprint density at radius 3 is 1.41 bits per heavy atom. The van der Waals surface area contributed by atoms with E-state index in [0.717, 1.165) is 53.5 Å². The highest BCUT2D eigenvalue weighted by atomic mass is 16.5. The van der Waals surface area contributed by atoms with Gasteiger partial charge >= 0.3 is 0 Å². The van der Waals surface area contributed by atoms with Crippen molar-refractivity contribution in [2.45, 2.75) is 129 Å². The van der Waals surface area contributed by atoms with Crippen molar-refractivity contribution < 1.29 is 29.9 Å². The number of phenolic OH excluding ortho intramolecular Hbond substituents is 2. The van der Waals surface area contributed by atoms with Gasteiger partial charge < -0.3 is 29.9 Å². The van der Waals surface area contributed by atoms with Gasteiger partial charge in [-0.05, 0) is 122 Å². The number of aromatic hydroxyl groups is 2. The Kier molecular flexibility index (Phi) is 14.7. The SMILES string of the molecule is CCC(CC)(c1ccc(O)c(C)c1)c1ccc(/C=C/C2(O)CCOCC2)c(C)c1.CCC(CC)(c1ccc(O)c(C)c1)c1ccc(C#CC2(O)CCOCC2)c(C)c1. The quantitative estimate of drug-likeness (QED) is 0.120. The van der Waals surface area contributed by atoms with Crippen LogP contribution in [0.5, 0.6) is 11.5 Å². The third-order valence-electron chi connectivity index (χ3n) is 13.2. The molecule has 4 aromatic rings. The number of hydrogen-bond acceptors (Lipinski definition) is 6. The predicted molar refractivity (Wildman–Crippen MR) is 237 cm³/mol. The Morgan fingerprint density at radius 2 is 0.983 bits per heavy atom. The van der Waals surface area contributed by atoms with Crippen molar-refractivity contribution in [1.82, 2.24) is 0 Å². The van der Waals surface area contributed by atoms with Gasteiger partial charge in [0.05, 0.1) is 18.8 Å². The molecule has 0 unspecified atom stereocenters. The fourth-order valence-corrected chi connectivity index (χ4v) is 8.79. The lowest BCUT2D eigenvalue weighted by atomic mass is 9.70. The number of aryl methyl sites for hydroxylation is 4. The van der Waals surface area contributed by atoms with E-state index in [-0.39, 0.29) is 10.8 Å². The number of hydrogen-bond donors (Lipinski definition) is 4. The highest BCUT2D eigenvalue weighted by molar-refractivity contribution is 5.57. The summed E-state index contributed by atoms with van der Waals surface area (Å²) in [5.74, 6) is 6.97. The molecule has 2 aliphatic heterocycles. The van der Waals surface area contributed by atoms with Crippen LogP contribution < -0.4 is 0 Å². The van der Waals surface area contributed by atoms with Crippen LogP contribution in [0.15, 0.2) is 78.9 Å². The van der Waals surface area contributed by atoms with E-state index in [1.165, 1.54) is 27.8 Å². The maximum absolute atomic E-state index is 10.7. The molecule has 58 heavy (non-hydrogen) atoms. The molecule has 2 fully saturated rings. The Balaban J connectivity index is 0.000000221. The molecular formula is C52H66O6. The molecule has 310 valence electrons. The fraction of sp³-hybridized carbons (Fsp3) is 0.462. The first-order chi connectivity index (χ1) is 27.7. The van der Waals surface area contributed by atoms with Crippen molar-refractivity contribution in [2.75, 3.05) is 26.4 Å². The van der Waals surface area contributed by atoms with Gasteiger partial charge in [-0.3, -0.25) is 0 Å². The Labute approximate surface area is 348 Å². The molecule has 6 nitrogen and oxygen atoms in total. The third-order valence-corrected chi connectivity index (χ3v) is 13.2. The molecule has 6 heteroatoms. The van der Waals surface area contributed by atoms with E-state index in [2.05, 4.69) is 114 Å². The zero-order chi connectivity index (χ0) is 42.1. The molecule has 2 saturated heterocycles. The minimum atomic E-state index is -0.941. The lowest BCUT2D eigenvalue weighted by molar-refractivity contribution is -0.0317. The Bertz CT molecular complexity index is 2100. The molecule has 4 aromatic carbocycles. The average Bonchev–Trinajstić information content (AvgIpc) is 3.22. The molecule has 0 aliphatic carbocycles. The Hall–Kier alpha value is -4.38. The largest absolute Gasteiger partial charge is 0.508 e. The molecule has 2 aliphatic rings. The summed E-state index contributed by atoms with van der Waals surface area (Å²) in [5, 5.41) is 41.2. The van der Waals surface area contributed by atoms with Gasteiger partial charge in [-0.2, -0.15) is 0 Å². The molecule has 0 saturated carbocycles. The van der Waals surface area contributed by atoms with Crippen LogP contribution in [0.25, 0.3) is 6.08 Å². The van der Waals surface area contributed by atoms with Crippen LogP contribution >= 0.6 is 0 Å². The van der Waals surface area contributed by atoms with E-state index in [4.69, 9.17) is 9.47 Å². The van der Waals surface area contributed by atoms with Crippen molar-refractivity contribution in [2.24, 2.45) is 0 Å². The highest BCUT2D eigenvalue weighted by Crippen LogP contribution is 2.42. The van der Waals surface area contributed by atoms with Crippen LogP contribution in [0.3, 0.4) is 0 Å². The van der Waals surface area contributed by atoms with Gasteiger partial charge in [0.2, 0.25) is 0 Å². The second-order valence-electron chi connectivity index (χ2n) is 16.6. The molecule has 0 spiro atoms. The van der Waals surface area contributed by atoms with E-state index in [1.54, 1.807) is 6.07 Å². The second kappa shape index (κ2) is 19.1. The van der Waals surface area contributed by atoms with Crippen molar-refractivity contribution in [1.29, 1.82) is 0 Å². The minimum absolute atomic E-state index is 0.0790. The lowest BCUT2D eigenvalue weighted by Gasteiger charge is -2.34. The van der Waals surface area contributed by atoms with Gasteiger partial charge in [0.15, 0.2) is 0 Å². The molecule has 2 heterocycles. The van der Waals surface area contributed by atoms with Gasteiger partial charge in [-0.1, -0.05) is 106 Å². The van der Waals surface area contributed by atoms with E-state index in [9.17, 15) is 20.4 Å². The van der Waals surface area contributed by atoms with Crippen molar-refractivity contribution in [3.05, 3.63) is 135 Å². The summed E-state index contributed by atoms with van der Waals surface area (Å²) in [5.41, 5.74) is 9.38. The van der Waals surface area contributed by atoms with Crippen LogP contribution in [0.2, 0.25) is 0 Å². The van der Waals surface area contributed by atoms with Crippen molar-refractivity contribution >= 4 is 6.08 Å². The van der Waals surface area contributed by atoms with E-state index in [0.29, 0.717) is 63.6 Å². The monoisotopic (exact) mass is 786 g/mol. The van der Waals surface area contributed by atoms with E-state index in [1.807, 2.05) is 32.1 Å². The molecule has 0 atom stereocenters. The maximum Gasteiger partial charge on any atom is 0.130 e. The predicted octanol–water partition coefficient (Wildman–Crippen LogP) is 10.7. The molecule has 0 aromatic heterocycles. The average molecular weight is 787 g/mol. The molecule has 0 amide bonds. The maximum atomic E-state index is 10.7. The van der Waals surface area contributed by atoms with Crippen LogP contribution in [0.4, 0.5) is 0 Å². The summed E-state index contributed by atoms with van der Waals surface area (Å²) in [6.45, 7) is 19.4. The van der Waals surface area contributed by atoms with Crippen LogP contribution in [0.1, 0.15) is 135 Å². The number of phenols is 2. The van der Waals surface area contributed by atoms with Gasteiger partial charge in [0.1, 0.15) is 17.1 Å². The summed E-state index contributed by atoms with van der Waals surface area (Å²) < 4.78 is 10.7. The van der Waals surface area contributed by atoms with Gasteiger partial charge in [-0.25, -0.2) is 0 Å². The van der Waals surface area contributed by atoms with Gasteiger partial charge in [0.25, 0.3) is 0 Å². The highest BCUT2D eigenvalue weighted by Gasteiger charge is 2.33. The van der Waals surface area contributed by atoms with Crippen molar-refractivity contribution in [3.8, 4) is 23.3 Å². The minimum Gasteiger partial charge on any atom is -0.508 e. The zero-order valence-electron chi connectivity index (χ0n) is 36.2. The van der Waals surface area contributed by atoms with E-state index >= 15 is 0 Å². The van der Waals surface area contributed by atoms with Crippen LogP contribution in [0, 0.1) is 39.5 Å².